The maximum absolute atomic E-state index is 11.9. The average Bonchev–Trinajstić information content (AvgIpc) is 2.36. The minimum Gasteiger partial charge on any atom is -0.370 e. The van der Waals surface area contributed by atoms with Crippen molar-refractivity contribution in [3.63, 3.8) is 0 Å². The molecule has 5 N–H and O–H groups in total. The smallest absolute Gasteiger partial charge is 0.240 e. The molecule has 0 radical (unpaired) electrons. The second-order valence-electron chi connectivity index (χ2n) is 4.15. The normalized spacial score (nSPS) is 11.4. The van der Waals surface area contributed by atoms with Crippen LogP contribution in [0.2, 0.25) is 0 Å². The lowest BCUT2D eigenvalue weighted by Gasteiger charge is -2.07. The molecule has 19 heavy (non-hydrogen) atoms. The highest BCUT2D eigenvalue weighted by Gasteiger charge is 2.12. The number of hydrogen-bond donors (Lipinski definition) is 3. The molecule has 0 aliphatic rings. The van der Waals surface area contributed by atoms with E-state index in [0.29, 0.717) is 19.4 Å². The van der Waals surface area contributed by atoms with E-state index >= 15 is 0 Å². The Morgan fingerprint density at radius 1 is 1.21 bits per heavy atom. The lowest BCUT2D eigenvalue weighted by Crippen LogP contribution is -2.25. The largest absolute Gasteiger partial charge is 0.370 e. The first kappa shape index (κ1) is 15.6. The van der Waals surface area contributed by atoms with Crippen molar-refractivity contribution in [2.45, 2.75) is 24.2 Å². The first-order valence-electron chi connectivity index (χ1n) is 6.02. The molecule has 0 unspecified atom stereocenters. The Bertz CT molecular complexity index is 512. The summed E-state index contributed by atoms with van der Waals surface area (Å²) in [5, 5.41) is 0. The van der Waals surface area contributed by atoms with Gasteiger partial charge in [-0.15, -0.1) is 0 Å². The molecule has 1 aromatic rings. The third-order valence-corrected chi connectivity index (χ3v) is 4.04. The zero-order valence-electron chi connectivity index (χ0n) is 10.6. The molecule has 1 rings (SSSR count). The highest BCUT2D eigenvalue weighted by Crippen LogP contribution is 2.10. The van der Waals surface area contributed by atoms with Crippen LogP contribution in [0.1, 0.15) is 18.4 Å². The van der Waals surface area contributed by atoms with Gasteiger partial charge in [0.2, 0.25) is 15.9 Å². The summed E-state index contributed by atoms with van der Waals surface area (Å²) in [4.78, 5) is 10.7. The minimum absolute atomic E-state index is 0.165. The number of hydrogen-bond acceptors (Lipinski definition) is 4. The van der Waals surface area contributed by atoms with Gasteiger partial charge in [-0.25, -0.2) is 13.1 Å². The molecule has 0 aliphatic carbocycles. The molecule has 0 saturated carbocycles. The maximum Gasteiger partial charge on any atom is 0.240 e. The van der Waals surface area contributed by atoms with E-state index < -0.39 is 15.9 Å². The molecule has 0 heterocycles. The molecular weight excluding hydrogens is 266 g/mol. The quantitative estimate of drug-likeness (QED) is 0.570. The molecule has 0 spiro atoms. The monoisotopic (exact) mass is 285 g/mol. The van der Waals surface area contributed by atoms with Crippen molar-refractivity contribution in [3.8, 4) is 0 Å². The summed E-state index contributed by atoms with van der Waals surface area (Å²) in [7, 11) is -3.52. The lowest BCUT2D eigenvalue weighted by molar-refractivity contribution is -0.118. The SMILES string of the molecule is NCCc1ccc(S(=O)(=O)NCCCC(N)=O)cc1. The second-order valence-corrected chi connectivity index (χ2v) is 5.92. The second kappa shape index (κ2) is 7.22. The summed E-state index contributed by atoms with van der Waals surface area (Å²) in [6.45, 7) is 0.716. The van der Waals surface area contributed by atoms with Gasteiger partial charge in [0.1, 0.15) is 0 Å². The van der Waals surface area contributed by atoms with Crippen molar-refractivity contribution < 1.29 is 13.2 Å². The number of sulfonamides is 1. The van der Waals surface area contributed by atoms with E-state index in [1.807, 2.05) is 0 Å². The number of nitrogens with two attached hydrogens (primary N) is 2. The summed E-state index contributed by atoms with van der Waals surface area (Å²) >= 11 is 0. The average molecular weight is 285 g/mol. The number of nitrogens with one attached hydrogen (secondary N) is 1. The molecule has 1 aromatic carbocycles. The summed E-state index contributed by atoms with van der Waals surface area (Å²) in [6, 6.07) is 6.57. The van der Waals surface area contributed by atoms with E-state index in [2.05, 4.69) is 4.72 Å². The topological polar surface area (TPSA) is 115 Å². The Kier molecular flexibility index (Phi) is 5.94. The molecule has 6 nitrogen and oxygen atoms in total. The van der Waals surface area contributed by atoms with E-state index in [4.69, 9.17) is 11.5 Å². The van der Waals surface area contributed by atoms with Gasteiger partial charge in [-0.3, -0.25) is 4.79 Å². The van der Waals surface area contributed by atoms with Crippen LogP contribution < -0.4 is 16.2 Å². The van der Waals surface area contributed by atoms with Crippen LogP contribution in [-0.4, -0.2) is 27.4 Å². The predicted octanol–water partition coefficient (Wildman–Crippen LogP) is -0.268. The third-order valence-electron chi connectivity index (χ3n) is 2.56. The van der Waals surface area contributed by atoms with Gasteiger partial charge < -0.3 is 11.5 Å². The van der Waals surface area contributed by atoms with Crippen molar-refractivity contribution in [3.05, 3.63) is 29.8 Å². The number of amides is 1. The number of primary amides is 1. The van der Waals surface area contributed by atoms with Gasteiger partial charge in [0.25, 0.3) is 0 Å². The Balaban J connectivity index is 2.59. The van der Waals surface area contributed by atoms with Gasteiger partial charge in [0.15, 0.2) is 0 Å². The fourth-order valence-electron chi connectivity index (χ4n) is 1.55. The van der Waals surface area contributed by atoms with Gasteiger partial charge in [-0.2, -0.15) is 0 Å². The fraction of sp³-hybridized carbons (Fsp3) is 0.417. The fourth-order valence-corrected chi connectivity index (χ4v) is 2.63. The summed E-state index contributed by atoms with van der Waals surface area (Å²) < 4.78 is 26.2. The standard InChI is InChI=1S/C12H19N3O3S/c13-8-7-10-3-5-11(6-4-10)19(17,18)15-9-1-2-12(14)16/h3-6,15H,1-2,7-9,13H2,(H2,14,16). The van der Waals surface area contributed by atoms with E-state index in [1.165, 1.54) is 0 Å². The van der Waals surface area contributed by atoms with Crippen LogP contribution in [0.5, 0.6) is 0 Å². The first-order valence-corrected chi connectivity index (χ1v) is 7.51. The molecular formula is C12H19N3O3S. The maximum atomic E-state index is 11.9. The number of benzene rings is 1. The summed E-state index contributed by atoms with van der Waals surface area (Å²) in [6.07, 6.45) is 1.27. The van der Waals surface area contributed by atoms with Crippen LogP contribution in [0.4, 0.5) is 0 Å². The first-order chi connectivity index (χ1) is 8.95. The van der Waals surface area contributed by atoms with Gasteiger partial charge in [-0.1, -0.05) is 12.1 Å². The van der Waals surface area contributed by atoms with Crippen molar-refractivity contribution in [2.24, 2.45) is 11.5 Å². The Morgan fingerprint density at radius 2 is 1.84 bits per heavy atom. The lowest BCUT2D eigenvalue weighted by atomic mass is 10.2. The van der Waals surface area contributed by atoms with Crippen molar-refractivity contribution in [2.75, 3.05) is 13.1 Å². The molecule has 106 valence electrons. The molecule has 1 amide bonds. The van der Waals surface area contributed by atoms with Crippen LogP contribution >= 0.6 is 0 Å². The number of carbonyl (C=O) groups excluding carboxylic acids is 1. The molecule has 0 bridgehead atoms. The summed E-state index contributed by atoms with van der Waals surface area (Å²) in [5.74, 6) is -0.440. The Morgan fingerprint density at radius 3 is 2.37 bits per heavy atom. The zero-order valence-corrected chi connectivity index (χ0v) is 11.4. The predicted molar refractivity (Wildman–Crippen MR) is 72.8 cm³/mol. The molecule has 0 atom stereocenters. The molecule has 0 aromatic heterocycles. The van der Waals surface area contributed by atoms with E-state index in [0.717, 1.165) is 5.56 Å². The minimum atomic E-state index is -3.52. The van der Waals surface area contributed by atoms with Crippen LogP contribution in [0.15, 0.2) is 29.2 Å². The highest BCUT2D eigenvalue weighted by atomic mass is 32.2. The van der Waals surface area contributed by atoms with Gasteiger partial charge in [0.05, 0.1) is 4.90 Å². The number of carbonyl (C=O) groups is 1. The highest BCUT2D eigenvalue weighted by molar-refractivity contribution is 7.89. The summed E-state index contributed by atoms with van der Waals surface area (Å²) in [5.41, 5.74) is 11.4. The van der Waals surface area contributed by atoms with Crippen molar-refractivity contribution in [1.29, 1.82) is 0 Å². The molecule has 0 saturated heterocycles. The van der Waals surface area contributed by atoms with Gasteiger partial charge in [-0.05, 0) is 37.1 Å². The van der Waals surface area contributed by atoms with Gasteiger partial charge >= 0.3 is 0 Å². The molecule has 7 heteroatoms. The number of rotatable bonds is 8. The molecule has 0 fully saturated rings. The van der Waals surface area contributed by atoms with Crippen molar-refractivity contribution >= 4 is 15.9 Å². The van der Waals surface area contributed by atoms with E-state index in [1.54, 1.807) is 24.3 Å². The van der Waals surface area contributed by atoms with Crippen LogP contribution in [-0.2, 0) is 21.2 Å². The van der Waals surface area contributed by atoms with Gasteiger partial charge in [0, 0.05) is 13.0 Å². The zero-order chi connectivity index (χ0) is 14.3. The molecule has 0 aliphatic heterocycles. The Labute approximate surface area is 113 Å². The Hall–Kier alpha value is -1.44. The van der Waals surface area contributed by atoms with E-state index in [9.17, 15) is 13.2 Å². The van der Waals surface area contributed by atoms with Crippen LogP contribution in [0, 0.1) is 0 Å². The van der Waals surface area contributed by atoms with E-state index in [-0.39, 0.29) is 17.9 Å². The third kappa shape index (κ3) is 5.37. The van der Waals surface area contributed by atoms with Crippen molar-refractivity contribution in [1.82, 2.24) is 4.72 Å². The van der Waals surface area contributed by atoms with Crippen LogP contribution in [0.25, 0.3) is 0 Å². The van der Waals surface area contributed by atoms with Crippen LogP contribution in [0.3, 0.4) is 0 Å².